The topological polar surface area (TPSA) is 70.0 Å². The Morgan fingerprint density at radius 1 is 1.47 bits per heavy atom. The van der Waals surface area contributed by atoms with E-state index in [1.54, 1.807) is 6.92 Å². The SMILES string of the molecule is CC1CN(S(=O)(=O)c2cccc(F)c2)CC/C1=N\O. The lowest BCUT2D eigenvalue weighted by Gasteiger charge is -2.30. The highest BCUT2D eigenvalue weighted by molar-refractivity contribution is 7.89. The minimum absolute atomic E-state index is 0.0518. The van der Waals surface area contributed by atoms with Gasteiger partial charge in [-0.3, -0.25) is 0 Å². The van der Waals surface area contributed by atoms with Gasteiger partial charge in [-0.15, -0.1) is 0 Å². The lowest BCUT2D eigenvalue weighted by atomic mass is 10.00. The van der Waals surface area contributed by atoms with E-state index in [4.69, 9.17) is 5.21 Å². The van der Waals surface area contributed by atoms with Gasteiger partial charge in [-0.05, 0) is 18.2 Å². The fourth-order valence-corrected chi connectivity index (χ4v) is 3.69. The first-order valence-electron chi connectivity index (χ1n) is 5.91. The lowest BCUT2D eigenvalue weighted by molar-refractivity contribution is 0.300. The third-order valence-electron chi connectivity index (χ3n) is 3.23. The number of hydrogen-bond donors (Lipinski definition) is 1. The van der Waals surface area contributed by atoms with Crippen LogP contribution in [0.4, 0.5) is 4.39 Å². The zero-order valence-electron chi connectivity index (χ0n) is 10.5. The molecule has 1 N–H and O–H groups in total. The van der Waals surface area contributed by atoms with Gasteiger partial charge in [0.15, 0.2) is 0 Å². The van der Waals surface area contributed by atoms with Crippen molar-refractivity contribution >= 4 is 15.7 Å². The van der Waals surface area contributed by atoms with Gasteiger partial charge in [-0.25, -0.2) is 12.8 Å². The van der Waals surface area contributed by atoms with E-state index in [0.29, 0.717) is 12.1 Å². The molecule has 2 rings (SSSR count). The fraction of sp³-hybridized carbons (Fsp3) is 0.417. The quantitative estimate of drug-likeness (QED) is 0.664. The molecule has 7 heteroatoms. The summed E-state index contributed by atoms with van der Waals surface area (Å²) in [4.78, 5) is -0.0518. The lowest BCUT2D eigenvalue weighted by Crippen LogP contribution is -2.43. The normalized spacial score (nSPS) is 23.7. The molecule has 1 aromatic rings. The second kappa shape index (κ2) is 5.26. The standard InChI is InChI=1S/C12H15FN2O3S/c1-9-8-15(6-5-12(9)14-16)19(17,18)11-4-2-3-10(13)7-11/h2-4,7,9,16H,5-6,8H2,1H3/b14-12+. The van der Waals surface area contributed by atoms with E-state index in [2.05, 4.69) is 5.16 Å². The molecule has 1 atom stereocenters. The summed E-state index contributed by atoms with van der Waals surface area (Å²) >= 11 is 0. The summed E-state index contributed by atoms with van der Waals surface area (Å²) in [5.74, 6) is -0.731. The van der Waals surface area contributed by atoms with Crippen molar-refractivity contribution in [2.24, 2.45) is 11.1 Å². The molecule has 0 aliphatic carbocycles. The van der Waals surface area contributed by atoms with Crippen LogP contribution < -0.4 is 0 Å². The molecule has 0 radical (unpaired) electrons. The molecule has 1 saturated heterocycles. The van der Waals surface area contributed by atoms with Crippen molar-refractivity contribution in [3.05, 3.63) is 30.1 Å². The van der Waals surface area contributed by atoms with Gasteiger partial charge in [-0.2, -0.15) is 4.31 Å². The summed E-state index contributed by atoms with van der Waals surface area (Å²) in [7, 11) is -3.69. The van der Waals surface area contributed by atoms with Gasteiger partial charge in [-0.1, -0.05) is 18.1 Å². The number of rotatable bonds is 2. The van der Waals surface area contributed by atoms with Crippen molar-refractivity contribution in [1.82, 2.24) is 4.31 Å². The number of oxime groups is 1. The highest BCUT2D eigenvalue weighted by atomic mass is 32.2. The molecule has 19 heavy (non-hydrogen) atoms. The van der Waals surface area contributed by atoms with Gasteiger partial charge < -0.3 is 5.21 Å². The van der Waals surface area contributed by atoms with E-state index < -0.39 is 15.8 Å². The number of benzene rings is 1. The molecule has 0 amide bonds. The van der Waals surface area contributed by atoms with E-state index in [1.165, 1.54) is 22.5 Å². The van der Waals surface area contributed by atoms with Crippen molar-refractivity contribution in [1.29, 1.82) is 0 Å². The Morgan fingerprint density at radius 2 is 2.21 bits per heavy atom. The Kier molecular flexibility index (Phi) is 3.86. The molecule has 0 bridgehead atoms. The average Bonchev–Trinajstić information content (AvgIpc) is 2.38. The monoisotopic (exact) mass is 286 g/mol. The van der Waals surface area contributed by atoms with Crippen LogP contribution in [0.2, 0.25) is 0 Å². The highest BCUT2D eigenvalue weighted by Gasteiger charge is 2.31. The van der Waals surface area contributed by atoms with Crippen LogP contribution in [-0.4, -0.2) is 36.7 Å². The number of nitrogens with zero attached hydrogens (tertiary/aromatic N) is 2. The Balaban J connectivity index is 2.27. The molecule has 1 heterocycles. The summed E-state index contributed by atoms with van der Waals surface area (Å²) in [6.07, 6.45) is 0.381. The first kappa shape index (κ1) is 14.0. The van der Waals surface area contributed by atoms with Gasteiger partial charge in [0.1, 0.15) is 5.82 Å². The number of piperidine rings is 1. The van der Waals surface area contributed by atoms with Gasteiger partial charge >= 0.3 is 0 Å². The average molecular weight is 286 g/mol. The Bertz CT molecular complexity index is 601. The molecule has 1 aliphatic heterocycles. The first-order valence-corrected chi connectivity index (χ1v) is 7.35. The maximum absolute atomic E-state index is 13.1. The summed E-state index contributed by atoms with van der Waals surface area (Å²) in [5.41, 5.74) is 0.589. The largest absolute Gasteiger partial charge is 0.411 e. The van der Waals surface area contributed by atoms with Crippen LogP contribution in [0.15, 0.2) is 34.3 Å². The van der Waals surface area contributed by atoms with E-state index in [9.17, 15) is 12.8 Å². The molecule has 1 aliphatic rings. The smallest absolute Gasteiger partial charge is 0.243 e. The van der Waals surface area contributed by atoms with Crippen LogP contribution in [-0.2, 0) is 10.0 Å². The molecular formula is C12H15FN2O3S. The minimum atomic E-state index is -3.69. The Morgan fingerprint density at radius 3 is 2.79 bits per heavy atom. The van der Waals surface area contributed by atoms with E-state index in [1.807, 2.05) is 0 Å². The first-order chi connectivity index (χ1) is 8.95. The molecule has 104 valence electrons. The van der Waals surface area contributed by atoms with Crippen LogP contribution in [0.5, 0.6) is 0 Å². The summed E-state index contributed by atoms with van der Waals surface area (Å²) in [5, 5.41) is 11.9. The van der Waals surface area contributed by atoms with E-state index >= 15 is 0 Å². The van der Waals surface area contributed by atoms with Gasteiger partial charge in [0.25, 0.3) is 0 Å². The number of sulfonamides is 1. The number of halogens is 1. The second-order valence-electron chi connectivity index (χ2n) is 4.56. The molecule has 0 saturated carbocycles. The zero-order valence-corrected chi connectivity index (χ0v) is 11.3. The number of hydrogen-bond acceptors (Lipinski definition) is 4. The summed E-state index contributed by atoms with van der Waals surface area (Å²) < 4.78 is 39.1. The van der Waals surface area contributed by atoms with Crippen LogP contribution in [0, 0.1) is 11.7 Å². The molecule has 0 spiro atoms. The van der Waals surface area contributed by atoms with E-state index in [-0.39, 0.29) is 23.9 Å². The summed E-state index contributed by atoms with van der Waals surface area (Å²) in [6, 6.07) is 4.96. The van der Waals surface area contributed by atoms with Crippen molar-refractivity contribution in [3.8, 4) is 0 Å². The molecule has 1 aromatic carbocycles. The molecule has 5 nitrogen and oxygen atoms in total. The van der Waals surface area contributed by atoms with Gasteiger partial charge in [0, 0.05) is 25.4 Å². The van der Waals surface area contributed by atoms with Crippen LogP contribution in [0.25, 0.3) is 0 Å². The third kappa shape index (κ3) is 2.76. The minimum Gasteiger partial charge on any atom is -0.411 e. The van der Waals surface area contributed by atoms with Crippen LogP contribution in [0.3, 0.4) is 0 Å². The van der Waals surface area contributed by atoms with Crippen LogP contribution in [0.1, 0.15) is 13.3 Å². The fourth-order valence-electron chi connectivity index (χ4n) is 2.13. The van der Waals surface area contributed by atoms with Gasteiger partial charge in [0.05, 0.1) is 10.6 Å². The predicted molar refractivity (Wildman–Crippen MR) is 68.2 cm³/mol. The molecule has 1 fully saturated rings. The summed E-state index contributed by atoms with van der Waals surface area (Å²) in [6.45, 7) is 2.27. The molecule has 1 unspecified atom stereocenters. The maximum Gasteiger partial charge on any atom is 0.243 e. The van der Waals surface area contributed by atoms with E-state index in [0.717, 1.165) is 6.07 Å². The van der Waals surface area contributed by atoms with Crippen molar-refractivity contribution in [2.45, 2.75) is 18.2 Å². The maximum atomic E-state index is 13.1. The zero-order chi connectivity index (χ0) is 14.0. The third-order valence-corrected chi connectivity index (χ3v) is 5.09. The van der Waals surface area contributed by atoms with Crippen molar-refractivity contribution in [3.63, 3.8) is 0 Å². The van der Waals surface area contributed by atoms with Crippen molar-refractivity contribution in [2.75, 3.05) is 13.1 Å². The Labute approximate surface area is 111 Å². The predicted octanol–water partition coefficient (Wildman–Crippen LogP) is 1.69. The molecular weight excluding hydrogens is 271 g/mol. The Hall–Kier alpha value is -1.47. The van der Waals surface area contributed by atoms with Crippen LogP contribution >= 0.6 is 0 Å². The highest BCUT2D eigenvalue weighted by Crippen LogP contribution is 2.22. The van der Waals surface area contributed by atoms with Crippen molar-refractivity contribution < 1.29 is 18.0 Å². The molecule has 0 aromatic heterocycles. The second-order valence-corrected chi connectivity index (χ2v) is 6.50. The van der Waals surface area contributed by atoms with Gasteiger partial charge in [0.2, 0.25) is 10.0 Å².